The quantitative estimate of drug-likeness (QED) is 0.358. The molecule has 10 heteroatoms. The highest BCUT2D eigenvalue weighted by atomic mass is 32.2. The van der Waals surface area contributed by atoms with Crippen molar-refractivity contribution in [2.45, 2.75) is 36.4 Å². The highest BCUT2D eigenvalue weighted by molar-refractivity contribution is 7.98. The molecule has 0 aliphatic carbocycles. The molecule has 1 aliphatic heterocycles. The molecule has 3 aromatic heterocycles. The van der Waals surface area contributed by atoms with Gasteiger partial charge in [-0.25, -0.2) is 0 Å². The molecule has 1 aliphatic rings. The molecular weight excluding hydrogens is 434 g/mol. The Balaban J connectivity index is 1.32. The van der Waals surface area contributed by atoms with Crippen LogP contribution in [0.2, 0.25) is 0 Å². The Morgan fingerprint density at radius 3 is 2.87 bits per heavy atom. The molecule has 0 amide bonds. The number of benzene rings is 1. The van der Waals surface area contributed by atoms with Gasteiger partial charge in [-0.2, -0.15) is 4.98 Å². The third-order valence-corrected chi connectivity index (χ3v) is 6.83. The standard InChI is InChI=1S/C21H21N5O3S2/c1-27-15-8-6-14(7-9-15)19-22-18(29-25-19)13-31-21-24-23-20(17-5-3-11-30-17)26(21)12-16-4-2-10-28-16/h3,5-9,11,16H,2,4,10,12-13H2,1H3/t16-/m1/s1. The normalized spacial score (nSPS) is 16.1. The topological polar surface area (TPSA) is 88.1 Å². The Labute approximate surface area is 187 Å². The predicted octanol–water partition coefficient (Wildman–Crippen LogP) is 4.54. The molecule has 0 saturated carbocycles. The van der Waals surface area contributed by atoms with E-state index in [0.717, 1.165) is 53.2 Å². The maximum Gasteiger partial charge on any atom is 0.237 e. The summed E-state index contributed by atoms with van der Waals surface area (Å²) >= 11 is 3.19. The second kappa shape index (κ2) is 9.21. The number of hydrogen-bond acceptors (Lipinski definition) is 9. The van der Waals surface area contributed by atoms with Crippen molar-refractivity contribution >= 4 is 23.1 Å². The van der Waals surface area contributed by atoms with Crippen LogP contribution in [0.1, 0.15) is 18.7 Å². The van der Waals surface area contributed by atoms with Gasteiger partial charge in [0, 0.05) is 12.2 Å². The Bertz CT molecular complexity index is 1120. The number of nitrogens with zero attached hydrogens (tertiary/aromatic N) is 5. The van der Waals surface area contributed by atoms with Gasteiger partial charge >= 0.3 is 0 Å². The van der Waals surface area contributed by atoms with E-state index in [0.29, 0.717) is 17.5 Å². The zero-order chi connectivity index (χ0) is 21.0. The van der Waals surface area contributed by atoms with Gasteiger partial charge in [-0.1, -0.05) is 23.0 Å². The number of rotatable bonds is 8. The molecule has 0 radical (unpaired) electrons. The summed E-state index contributed by atoms with van der Waals surface area (Å²) in [6.07, 6.45) is 2.35. The fourth-order valence-corrected chi connectivity index (χ4v) is 4.94. The molecule has 8 nitrogen and oxygen atoms in total. The summed E-state index contributed by atoms with van der Waals surface area (Å²) in [5.74, 6) is 3.27. The summed E-state index contributed by atoms with van der Waals surface area (Å²) in [5.41, 5.74) is 0.877. The van der Waals surface area contributed by atoms with E-state index in [9.17, 15) is 0 Å². The van der Waals surface area contributed by atoms with Crippen molar-refractivity contribution in [2.24, 2.45) is 0 Å². The molecule has 160 valence electrons. The van der Waals surface area contributed by atoms with Crippen LogP contribution in [0.4, 0.5) is 0 Å². The average molecular weight is 456 g/mol. The Morgan fingerprint density at radius 2 is 2.13 bits per heavy atom. The first kappa shape index (κ1) is 20.2. The van der Waals surface area contributed by atoms with Gasteiger partial charge in [-0.15, -0.1) is 21.5 Å². The van der Waals surface area contributed by atoms with E-state index < -0.39 is 0 Å². The lowest BCUT2D eigenvalue weighted by Crippen LogP contribution is -2.16. The first-order valence-electron chi connectivity index (χ1n) is 9.98. The summed E-state index contributed by atoms with van der Waals surface area (Å²) in [4.78, 5) is 5.62. The number of thiophene rings is 1. The average Bonchev–Trinajstić information content (AvgIpc) is 3.61. The maximum absolute atomic E-state index is 5.85. The lowest BCUT2D eigenvalue weighted by molar-refractivity contribution is 0.0953. The van der Waals surface area contributed by atoms with Crippen LogP contribution in [-0.2, 0) is 17.0 Å². The summed E-state index contributed by atoms with van der Waals surface area (Å²) < 4.78 is 18.6. The van der Waals surface area contributed by atoms with Crippen LogP contribution >= 0.6 is 23.1 Å². The summed E-state index contributed by atoms with van der Waals surface area (Å²) in [6.45, 7) is 1.56. The third kappa shape index (κ3) is 4.51. The van der Waals surface area contributed by atoms with Gasteiger partial charge in [0.25, 0.3) is 0 Å². The SMILES string of the molecule is COc1ccc(-c2noc(CSc3nnc(-c4cccs4)n3C[C@H]3CCCO3)n2)cc1. The predicted molar refractivity (Wildman–Crippen MR) is 118 cm³/mol. The van der Waals surface area contributed by atoms with Crippen molar-refractivity contribution in [1.82, 2.24) is 24.9 Å². The van der Waals surface area contributed by atoms with Crippen LogP contribution in [-0.4, -0.2) is 44.7 Å². The minimum atomic E-state index is 0.194. The monoisotopic (exact) mass is 455 g/mol. The van der Waals surface area contributed by atoms with E-state index in [2.05, 4.69) is 31.0 Å². The van der Waals surface area contributed by atoms with Crippen LogP contribution in [0.5, 0.6) is 5.75 Å². The largest absolute Gasteiger partial charge is 0.497 e. The minimum absolute atomic E-state index is 0.194. The van der Waals surface area contributed by atoms with Crippen LogP contribution in [0.3, 0.4) is 0 Å². The molecule has 4 aromatic rings. The lowest BCUT2D eigenvalue weighted by atomic mass is 10.2. The van der Waals surface area contributed by atoms with Gasteiger partial charge in [0.05, 0.1) is 30.4 Å². The zero-order valence-electron chi connectivity index (χ0n) is 16.9. The van der Waals surface area contributed by atoms with Crippen LogP contribution in [0.15, 0.2) is 51.5 Å². The molecule has 1 fully saturated rings. The number of aromatic nitrogens is 5. The number of methoxy groups -OCH3 is 1. The van der Waals surface area contributed by atoms with Gasteiger partial charge in [-0.3, -0.25) is 4.57 Å². The van der Waals surface area contributed by atoms with Crippen LogP contribution in [0, 0.1) is 0 Å². The fourth-order valence-electron chi connectivity index (χ4n) is 3.44. The highest BCUT2D eigenvalue weighted by Crippen LogP contribution is 2.30. The summed E-state index contributed by atoms with van der Waals surface area (Å²) in [5, 5.41) is 15.9. The van der Waals surface area contributed by atoms with Crippen molar-refractivity contribution in [1.29, 1.82) is 0 Å². The Kier molecular flexibility index (Phi) is 6.01. The number of ether oxygens (including phenoxy) is 2. The van der Waals surface area contributed by atoms with Crippen molar-refractivity contribution in [2.75, 3.05) is 13.7 Å². The summed E-state index contributed by atoms with van der Waals surface area (Å²) in [7, 11) is 1.64. The summed E-state index contributed by atoms with van der Waals surface area (Å²) in [6, 6.07) is 11.7. The van der Waals surface area contributed by atoms with Gasteiger partial charge < -0.3 is 14.0 Å². The molecule has 5 rings (SSSR count). The number of thioether (sulfide) groups is 1. The lowest BCUT2D eigenvalue weighted by Gasteiger charge is -2.13. The molecule has 0 bridgehead atoms. The second-order valence-corrected chi connectivity index (χ2v) is 8.95. The van der Waals surface area contributed by atoms with Crippen LogP contribution in [0.25, 0.3) is 22.1 Å². The third-order valence-electron chi connectivity index (χ3n) is 5.01. The highest BCUT2D eigenvalue weighted by Gasteiger charge is 2.22. The molecule has 0 N–H and O–H groups in total. The van der Waals surface area contributed by atoms with Crippen molar-refractivity contribution in [3.05, 3.63) is 47.7 Å². The van der Waals surface area contributed by atoms with Gasteiger partial charge in [0.1, 0.15) is 5.75 Å². The first-order valence-corrected chi connectivity index (χ1v) is 11.8. The maximum atomic E-state index is 5.85. The molecule has 0 unspecified atom stereocenters. The zero-order valence-corrected chi connectivity index (χ0v) is 18.6. The van der Waals surface area contributed by atoms with Gasteiger partial charge in [0.15, 0.2) is 11.0 Å². The van der Waals surface area contributed by atoms with Gasteiger partial charge in [-0.05, 0) is 48.6 Å². The van der Waals surface area contributed by atoms with Crippen molar-refractivity contribution < 1.29 is 14.0 Å². The first-order chi connectivity index (χ1) is 15.3. The molecule has 4 heterocycles. The van der Waals surface area contributed by atoms with Crippen LogP contribution < -0.4 is 4.74 Å². The molecular formula is C21H21N5O3S2. The van der Waals surface area contributed by atoms with Gasteiger partial charge in [0.2, 0.25) is 11.7 Å². The van der Waals surface area contributed by atoms with E-state index in [1.165, 1.54) is 11.8 Å². The smallest absolute Gasteiger partial charge is 0.237 e. The van der Waals surface area contributed by atoms with Crippen molar-refractivity contribution in [3.8, 4) is 27.8 Å². The van der Waals surface area contributed by atoms with E-state index in [-0.39, 0.29) is 6.10 Å². The van der Waals surface area contributed by atoms with E-state index >= 15 is 0 Å². The van der Waals surface area contributed by atoms with E-state index in [1.807, 2.05) is 35.7 Å². The Hall–Kier alpha value is -2.69. The fraction of sp³-hybridized carbons (Fsp3) is 0.333. The van der Waals surface area contributed by atoms with E-state index in [4.69, 9.17) is 14.0 Å². The molecule has 0 spiro atoms. The molecule has 1 atom stereocenters. The number of hydrogen-bond donors (Lipinski definition) is 0. The molecule has 1 saturated heterocycles. The Morgan fingerprint density at radius 1 is 1.23 bits per heavy atom. The molecule has 31 heavy (non-hydrogen) atoms. The minimum Gasteiger partial charge on any atom is -0.497 e. The second-order valence-electron chi connectivity index (χ2n) is 7.06. The van der Waals surface area contributed by atoms with E-state index in [1.54, 1.807) is 18.4 Å². The molecule has 1 aromatic carbocycles. The van der Waals surface area contributed by atoms with Crippen molar-refractivity contribution in [3.63, 3.8) is 0 Å².